The molecule has 1 aliphatic rings. The largest absolute Gasteiger partial charge is 0.332 e. The molecule has 0 unspecified atom stereocenters. The number of imidazole rings is 1. The van der Waals surface area contributed by atoms with E-state index in [1.54, 1.807) is 0 Å². The van der Waals surface area contributed by atoms with Crippen LogP contribution < -0.4 is 5.73 Å². The van der Waals surface area contributed by atoms with Crippen molar-refractivity contribution >= 4 is 0 Å². The number of hydrogen-bond acceptors (Lipinski definition) is 2. The average molecular weight is 207 g/mol. The summed E-state index contributed by atoms with van der Waals surface area (Å²) in [5, 5.41) is 0. The van der Waals surface area contributed by atoms with Crippen LogP contribution in [0.3, 0.4) is 0 Å². The topological polar surface area (TPSA) is 43.8 Å². The summed E-state index contributed by atoms with van der Waals surface area (Å²) in [7, 11) is 0. The van der Waals surface area contributed by atoms with Crippen molar-refractivity contribution in [3.63, 3.8) is 0 Å². The van der Waals surface area contributed by atoms with Gasteiger partial charge in [0.1, 0.15) is 0 Å². The van der Waals surface area contributed by atoms with Gasteiger partial charge in [0.25, 0.3) is 0 Å². The molecule has 1 aromatic rings. The van der Waals surface area contributed by atoms with Crippen LogP contribution in [-0.2, 0) is 6.42 Å². The lowest BCUT2D eigenvalue weighted by atomic mass is 9.87. The number of nitrogens with two attached hydrogens (primary N) is 1. The summed E-state index contributed by atoms with van der Waals surface area (Å²) in [5.41, 5.74) is 6.90. The molecule has 2 N–H and O–H groups in total. The van der Waals surface area contributed by atoms with Crippen molar-refractivity contribution in [2.75, 3.05) is 6.54 Å². The summed E-state index contributed by atoms with van der Waals surface area (Å²) < 4.78 is 2.35. The van der Waals surface area contributed by atoms with E-state index >= 15 is 0 Å². The maximum absolute atomic E-state index is 5.60. The minimum atomic E-state index is 0.672. The second-order valence-electron chi connectivity index (χ2n) is 4.74. The summed E-state index contributed by atoms with van der Waals surface area (Å²) in [4.78, 5) is 4.24. The van der Waals surface area contributed by atoms with Gasteiger partial charge in [0.05, 0.1) is 6.33 Å². The Kier molecular flexibility index (Phi) is 3.41. The Labute approximate surface area is 91.7 Å². The molecule has 1 aromatic heterocycles. The molecular formula is C12H21N3. The summed E-state index contributed by atoms with van der Waals surface area (Å²) in [6, 6.07) is 0.672. The van der Waals surface area contributed by atoms with Gasteiger partial charge in [-0.25, -0.2) is 4.98 Å². The molecule has 0 saturated heterocycles. The van der Waals surface area contributed by atoms with E-state index in [0.717, 1.165) is 18.9 Å². The highest BCUT2D eigenvalue weighted by Gasteiger charge is 2.20. The fourth-order valence-electron chi connectivity index (χ4n) is 2.52. The van der Waals surface area contributed by atoms with Crippen molar-refractivity contribution < 1.29 is 0 Å². The van der Waals surface area contributed by atoms with Crippen LogP contribution in [-0.4, -0.2) is 16.1 Å². The van der Waals surface area contributed by atoms with Crippen LogP contribution in [0.15, 0.2) is 12.5 Å². The van der Waals surface area contributed by atoms with E-state index in [2.05, 4.69) is 16.5 Å². The molecule has 1 aliphatic carbocycles. The summed E-state index contributed by atoms with van der Waals surface area (Å²) >= 11 is 0. The third kappa shape index (κ3) is 2.40. The first-order valence-corrected chi connectivity index (χ1v) is 6.02. The van der Waals surface area contributed by atoms with Crippen LogP contribution in [0.5, 0.6) is 0 Å². The van der Waals surface area contributed by atoms with E-state index in [1.165, 1.54) is 31.4 Å². The number of rotatable bonds is 3. The van der Waals surface area contributed by atoms with E-state index in [4.69, 9.17) is 5.73 Å². The fraction of sp³-hybridized carbons (Fsp3) is 0.750. The van der Waals surface area contributed by atoms with Gasteiger partial charge in [-0.1, -0.05) is 6.92 Å². The molecule has 0 radical (unpaired) electrons. The van der Waals surface area contributed by atoms with Crippen LogP contribution in [0, 0.1) is 5.92 Å². The van der Waals surface area contributed by atoms with Crippen molar-refractivity contribution in [3.8, 4) is 0 Å². The zero-order chi connectivity index (χ0) is 10.7. The lowest BCUT2D eigenvalue weighted by Crippen LogP contribution is -2.19. The molecule has 2 rings (SSSR count). The highest BCUT2D eigenvalue weighted by atomic mass is 15.1. The minimum Gasteiger partial charge on any atom is -0.332 e. The molecule has 3 nitrogen and oxygen atoms in total. The van der Waals surface area contributed by atoms with Gasteiger partial charge >= 0.3 is 0 Å². The molecule has 0 spiro atoms. The van der Waals surface area contributed by atoms with Crippen molar-refractivity contribution in [1.82, 2.24) is 9.55 Å². The van der Waals surface area contributed by atoms with Crippen molar-refractivity contribution in [3.05, 3.63) is 18.2 Å². The van der Waals surface area contributed by atoms with Crippen molar-refractivity contribution in [1.29, 1.82) is 0 Å². The van der Waals surface area contributed by atoms with Crippen LogP contribution in [0.2, 0.25) is 0 Å². The van der Waals surface area contributed by atoms with Crippen LogP contribution in [0.1, 0.15) is 44.3 Å². The molecule has 1 saturated carbocycles. The molecule has 3 heteroatoms. The minimum absolute atomic E-state index is 0.672. The van der Waals surface area contributed by atoms with Crippen LogP contribution >= 0.6 is 0 Å². The number of hydrogen-bond donors (Lipinski definition) is 1. The first kappa shape index (κ1) is 10.7. The molecule has 84 valence electrons. The molecule has 1 fully saturated rings. The molecule has 0 aromatic carbocycles. The van der Waals surface area contributed by atoms with E-state index in [-0.39, 0.29) is 0 Å². The maximum atomic E-state index is 5.60. The zero-order valence-corrected chi connectivity index (χ0v) is 9.52. The summed E-state index contributed by atoms with van der Waals surface area (Å²) in [6.07, 6.45) is 10.2. The van der Waals surface area contributed by atoms with Crippen molar-refractivity contribution in [2.24, 2.45) is 11.7 Å². The molecule has 1 heterocycles. The van der Waals surface area contributed by atoms with Gasteiger partial charge in [0.2, 0.25) is 0 Å². The quantitative estimate of drug-likeness (QED) is 0.825. The smallest absolute Gasteiger partial charge is 0.0950 e. The standard InChI is InChI=1S/C12H21N3/c1-10-2-4-11(5-3-10)15-9-14-8-12(15)6-7-13/h8-11H,2-7,13H2,1H3. The average Bonchev–Trinajstić information content (AvgIpc) is 2.68. The van der Waals surface area contributed by atoms with Gasteiger partial charge in [0, 0.05) is 24.4 Å². The molecule has 0 aliphatic heterocycles. The van der Waals surface area contributed by atoms with E-state index < -0.39 is 0 Å². The molecular weight excluding hydrogens is 186 g/mol. The second kappa shape index (κ2) is 4.79. The first-order valence-electron chi connectivity index (χ1n) is 6.02. The van der Waals surface area contributed by atoms with Crippen LogP contribution in [0.4, 0.5) is 0 Å². The Hall–Kier alpha value is -0.830. The Bertz CT molecular complexity index is 298. The third-order valence-electron chi connectivity index (χ3n) is 3.53. The predicted octanol–water partition coefficient (Wildman–Crippen LogP) is 2.14. The molecule has 0 bridgehead atoms. The number of nitrogens with zero attached hydrogens (tertiary/aromatic N) is 2. The second-order valence-corrected chi connectivity index (χ2v) is 4.74. The first-order chi connectivity index (χ1) is 7.31. The van der Waals surface area contributed by atoms with Gasteiger partial charge in [-0.15, -0.1) is 0 Å². The van der Waals surface area contributed by atoms with Gasteiger partial charge in [-0.2, -0.15) is 0 Å². The van der Waals surface area contributed by atoms with E-state index in [9.17, 15) is 0 Å². The lowest BCUT2D eigenvalue weighted by Gasteiger charge is -2.28. The Morgan fingerprint density at radius 2 is 2.13 bits per heavy atom. The number of aromatic nitrogens is 2. The van der Waals surface area contributed by atoms with E-state index in [0.29, 0.717) is 6.04 Å². The Morgan fingerprint density at radius 3 is 2.80 bits per heavy atom. The van der Waals surface area contributed by atoms with Crippen LogP contribution in [0.25, 0.3) is 0 Å². The Balaban J connectivity index is 2.05. The monoisotopic (exact) mass is 207 g/mol. The maximum Gasteiger partial charge on any atom is 0.0950 e. The predicted molar refractivity (Wildman–Crippen MR) is 61.7 cm³/mol. The van der Waals surface area contributed by atoms with Crippen molar-refractivity contribution in [2.45, 2.75) is 45.1 Å². The summed E-state index contributed by atoms with van der Waals surface area (Å²) in [6.45, 7) is 3.07. The lowest BCUT2D eigenvalue weighted by molar-refractivity contribution is 0.285. The molecule has 0 atom stereocenters. The van der Waals surface area contributed by atoms with Gasteiger partial charge in [-0.05, 0) is 38.1 Å². The van der Waals surface area contributed by atoms with Gasteiger partial charge < -0.3 is 10.3 Å². The normalized spacial score (nSPS) is 26.8. The third-order valence-corrected chi connectivity index (χ3v) is 3.53. The Morgan fingerprint density at radius 1 is 1.40 bits per heavy atom. The zero-order valence-electron chi connectivity index (χ0n) is 9.52. The summed E-state index contributed by atoms with van der Waals surface area (Å²) in [5.74, 6) is 0.905. The highest BCUT2D eigenvalue weighted by Crippen LogP contribution is 2.32. The fourth-order valence-corrected chi connectivity index (χ4v) is 2.52. The van der Waals surface area contributed by atoms with E-state index in [1.807, 2.05) is 12.5 Å². The molecule has 0 amide bonds. The SMILES string of the molecule is CC1CCC(n2cncc2CCN)CC1. The molecule has 15 heavy (non-hydrogen) atoms. The van der Waals surface area contributed by atoms with Gasteiger partial charge in [-0.3, -0.25) is 0 Å². The van der Waals surface area contributed by atoms with Gasteiger partial charge in [0.15, 0.2) is 0 Å². The highest BCUT2D eigenvalue weighted by molar-refractivity contribution is 5.01.